The van der Waals surface area contributed by atoms with Crippen LogP contribution in [0.2, 0.25) is 0 Å². The van der Waals surface area contributed by atoms with E-state index in [2.05, 4.69) is 25.1 Å². The summed E-state index contributed by atoms with van der Waals surface area (Å²) in [6.07, 6.45) is 2.41. The van der Waals surface area contributed by atoms with Crippen molar-refractivity contribution in [2.75, 3.05) is 6.26 Å². The molecular formula is C16H21NO4S3. The van der Waals surface area contributed by atoms with Crippen LogP contribution in [0.5, 0.6) is 0 Å². The summed E-state index contributed by atoms with van der Waals surface area (Å²) in [6.45, 7) is 3.42. The van der Waals surface area contributed by atoms with Gasteiger partial charge in [0.2, 0.25) is 0 Å². The van der Waals surface area contributed by atoms with Crippen LogP contribution < -0.4 is 5.48 Å². The third kappa shape index (κ3) is 4.05. The first-order valence-electron chi connectivity index (χ1n) is 7.47. The molecule has 1 amide bonds. The van der Waals surface area contributed by atoms with Gasteiger partial charge in [0.25, 0.3) is 5.91 Å². The summed E-state index contributed by atoms with van der Waals surface area (Å²) in [5, 5.41) is 8.82. The van der Waals surface area contributed by atoms with Crippen molar-refractivity contribution in [1.29, 1.82) is 0 Å². The molecule has 2 heterocycles. The van der Waals surface area contributed by atoms with Crippen LogP contribution >= 0.6 is 22.7 Å². The van der Waals surface area contributed by atoms with E-state index in [1.165, 1.54) is 27.0 Å². The van der Waals surface area contributed by atoms with Crippen LogP contribution in [0.4, 0.5) is 0 Å². The predicted octanol–water partition coefficient (Wildman–Crippen LogP) is 3.42. The van der Waals surface area contributed by atoms with Crippen molar-refractivity contribution < 1.29 is 18.4 Å². The van der Waals surface area contributed by atoms with Crippen molar-refractivity contribution in [2.45, 2.75) is 37.9 Å². The maximum absolute atomic E-state index is 11.9. The Morgan fingerprint density at radius 1 is 1.21 bits per heavy atom. The van der Waals surface area contributed by atoms with Crippen molar-refractivity contribution in [3.8, 4) is 9.75 Å². The van der Waals surface area contributed by atoms with E-state index in [0.29, 0.717) is 12.8 Å². The Kier molecular flexibility index (Phi) is 5.85. The Bertz CT molecular complexity index is 822. The Morgan fingerprint density at radius 3 is 2.38 bits per heavy atom. The normalized spacial score (nSPS) is 14.3. The molecule has 2 rings (SSSR count). The third-order valence-corrected chi connectivity index (χ3v) is 8.49. The monoisotopic (exact) mass is 387 g/mol. The number of sulfone groups is 1. The number of carbonyl (C=O) groups excluding carboxylic acids is 1. The van der Waals surface area contributed by atoms with Gasteiger partial charge in [-0.2, -0.15) is 0 Å². The van der Waals surface area contributed by atoms with Crippen molar-refractivity contribution in [3.05, 3.63) is 34.0 Å². The molecule has 5 nitrogen and oxygen atoms in total. The highest BCUT2D eigenvalue weighted by molar-refractivity contribution is 7.92. The average molecular weight is 388 g/mol. The highest BCUT2D eigenvalue weighted by atomic mass is 32.2. The molecule has 0 radical (unpaired) electrons. The summed E-state index contributed by atoms with van der Waals surface area (Å²) < 4.78 is 22.2. The van der Waals surface area contributed by atoms with E-state index >= 15 is 0 Å². The minimum Gasteiger partial charge on any atom is -0.289 e. The Morgan fingerprint density at radius 2 is 1.83 bits per heavy atom. The first-order chi connectivity index (χ1) is 11.2. The molecule has 2 aromatic heterocycles. The fourth-order valence-electron chi connectivity index (χ4n) is 2.40. The van der Waals surface area contributed by atoms with Gasteiger partial charge in [0, 0.05) is 25.8 Å². The van der Waals surface area contributed by atoms with Gasteiger partial charge < -0.3 is 0 Å². The van der Waals surface area contributed by atoms with Gasteiger partial charge in [-0.25, -0.2) is 13.9 Å². The predicted molar refractivity (Wildman–Crippen MR) is 98.5 cm³/mol. The Labute approximate surface area is 150 Å². The molecule has 2 aromatic rings. The van der Waals surface area contributed by atoms with E-state index < -0.39 is 20.5 Å². The van der Waals surface area contributed by atoms with Gasteiger partial charge in [-0.05, 0) is 57.4 Å². The summed E-state index contributed by atoms with van der Waals surface area (Å²) in [6, 6.07) is 8.30. The lowest BCUT2D eigenvalue weighted by Crippen LogP contribution is -2.49. The number of hydrogen-bond acceptors (Lipinski definition) is 6. The second kappa shape index (κ2) is 7.35. The smallest absolute Gasteiger partial charge is 0.264 e. The largest absolute Gasteiger partial charge is 0.289 e. The van der Waals surface area contributed by atoms with E-state index in [1.807, 2.05) is 6.07 Å². The van der Waals surface area contributed by atoms with Crippen molar-refractivity contribution in [1.82, 2.24) is 5.48 Å². The number of amides is 1. The van der Waals surface area contributed by atoms with Crippen LogP contribution in [0.1, 0.15) is 29.5 Å². The summed E-state index contributed by atoms with van der Waals surface area (Å²) in [4.78, 5) is 16.6. The third-order valence-electron chi connectivity index (χ3n) is 4.12. The fourth-order valence-corrected chi connectivity index (χ4v) is 5.30. The van der Waals surface area contributed by atoms with Gasteiger partial charge in [-0.15, -0.1) is 22.7 Å². The van der Waals surface area contributed by atoms with E-state index in [9.17, 15) is 13.2 Å². The van der Waals surface area contributed by atoms with Crippen molar-refractivity contribution in [2.24, 2.45) is 0 Å². The Hall–Kier alpha value is -1.22. The standard InChI is InChI=1S/C16H21NO4S3/c1-11-6-8-13(22-11)14-9-7-12(23-14)5-4-10-16(2,15(18)17-19)24(3,20)21/h6-9,19H,4-5,10H2,1-3H3,(H,17,18). The fraction of sp³-hybridized carbons (Fsp3) is 0.438. The Balaban J connectivity index is 2.03. The molecular weight excluding hydrogens is 366 g/mol. The van der Waals surface area contributed by atoms with Gasteiger partial charge in [-0.1, -0.05) is 0 Å². The van der Waals surface area contributed by atoms with Crippen LogP contribution in [-0.4, -0.2) is 30.5 Å². The molecule has 0 fully saturated rings. The highest BCUT2D eigenvalue weighted by Crippen LogP contribution is 2.34. The molecule has 0 saturated heterocycles. The molecule has 0 bridgehead atoms. The SMILES string of the molecule is Cc1ccc(-c2ccc(CCCC(C)(C(=O)NO)S(C)(=O)=O)s2)s1. The molecule has 132 valence electrons. The molecule has 0 aromatic carbocycles. The van der Waals surface area contributed by atoms with E-state index in [-0.39, 0.29) is 6.42 Å². The molecule has 0 spiro atoms. The number of hydroxylamine groups is 1. The highest BCUT2D eigenvalue weighted by Gasteiger charge is 2.42. The van der Waals surface area contributed by atoms with Gasteiger partial charge in [-0.3, -0.25) is 10.0 Å². The summed E-state index contributed by atoms with van der Waals surface area (Å²) in [5.41, 5.74) is 1.47. The number of rotatable bonds is 7. The second-order valence-corrected chi connectivity index (χ2v) is 10.9. The number of nitrogens with one attached hydrogen (secondary N) is 1. The van der Waals surface area contributed by atoms with E-state index in [0.717, 1.165) is 11.1 Å². The first-order valence-corrected chi connectivity index (χ1v) is 11.0. The molecule has 0 aliphatic rings. The maximum atomic E-state index is 11.9. The quantitative estimate of drug-likeness (QED) is 0.563. The van der Waals surface area contributed by atoms with E-state index in [4.69, 9.17) is 5.21 Å². The molecule has 2 N–H and O–H groups in total. The second-order valence-electron chi connectivity index (χ2n) is 5.97. The number of carbonyl (C=O) groups is 1. The molecule has 0 saturated carbocycles. The number of hydrogen-bond donors (Lipinski definition) is 2. The molecule has 1 atom stereocenters. The number of thiophene rings is 2. The lowest BCUT2D eigenvalue weighted by Gasteiger charge is -2.24. The minimum atomic E-state index is -3.63. The van der Waals surface area contributed by atoms with Crippen LogP contribution in [0.25, 0.3) is 9.75 Å². The summed E-state index contributed by atoms with van der Waals surface area (Å²) in [5.74, 6) is -0.883. The van der Waals surface area contributed by atoms with Gasteiger partial charge in [0.1, 0.15) is 4.75 Å². The summed E-state index contributed by atoms with van der Waals surface area (Å²) in [7, 11) is -3.63. The average Bonchev–Trinajstić information content (AvgIpc) is 3.13. The van der Waals surface area contributed by atoms with E-state index in [1.54, 1.807) is 22.7 Å². The van der Waals surface area contributed by atoms with Crippen molar-refractivity contribution in [3.63, 3.8) is 0 Å². The zero-order valence-corrected chi connectivity index (χ0v) is 16.3. The molecule has 24 heavy (non-hydrogen) atoms. The molecule has 1 unspecified atom stereocenters. The molecule has 0 aliphatic heterocycles. The molecule has 8 heteroatoms. The van der Waals surface area contributed by atoms with Gasteiger partial charge in [0.15, 0.2) is 9.84 Å². The van der Waals surface area contributed by atoms with Crippen LogP contribution in [0, 0.1) is 6.92 Å². The van der Waals surface area contributed by atoms with Crippen molar-refractivity contribution >= 4 is 38.4 Å². The van der Waals surface area contributed by atoms with Crippen LogP contribution in [0.3, 0.4) is 0 Å². The maximum Gasteiger partial charge on any atom is 0.264 e. The zero-order chi connectivity index (χ0) is 18.0. The lowest BCUT2D eigenvalue weighted by molar-refractivity contribution is -0.131. The van der Waals surface area contributed by atoms with Gasteiger partial charge >= 0.3 is 0 Å². The van der Waals surface area contributed by atoms with Gasteiger partial charge in [0.05, 0.1) is 0 Å². The first kappa shape index (κ1) is 19.1. The lowest BCUT2D eigenvalue weighted by atomic mass is 10.0. The zero-order valence-electron chi connectivity index (χ0n) is 13.8. The van der Waals surface area contributed by atoms with Crippen LogP contribution in [0.15, 0.2) is 24.3 Å². The number of aryl methyl sites for hydroxylation is 2. The molecule has 0 aliphatic carbocycles. The van der Waals surface area contributed by atoms with Crippen LogP contribution in [-0.2, 0) is 21.1 Å². The summed E-state index contributed by atoms with van der Waals surface area (Å²) >= 11 is 3.43. The minimum absolute atomic E-state index is 0.156. The topological polar surface area (TPSA) is 83.5 Å².